The molecule has 1 aromatic rings. The van der Waals surface area contributed by atoms with Crippen LogP contribution in [0.4, 0.5) is 0 Å². The lowest BCUT2D eigenvalue weighted by molar-refractivity contribution is -0.109. The second kappa shape index (κ2) is 7.09. The summed E-state index contributed by atoms with van der Waals surface area (Å²) in [5.74, 6) is 1.54. The molecule has 1 unspecified atom stereocenters. The topological polar surface area (TPSA) is 77.0 Å². The first-order chi connectivity index (χ1) is 11.6. The van der Waals surface area contributed by atoms with Gasteiger partial charge in [-0.3, -0.25) is 9.59 Å². The van der Waals surface area contributed by atoms with Gasteiger partial charge in [0.25, 0.3) is 0 Å². The highest BCUT2D eigenvalue weighted by Crippen LogP contribution is 2.39. The standard InChI is InChI=1S/C17H18N2O4S/c1-10-3-4-16(19-12(7-20)17(10)18-8-21)24-15-6-14-13(5-11(15)2)22-9-23-14/h5-8,10H,3-4,9H2,1-2H3,(H,18,21). The molecule has 2 aliphatic heterocycles. The van der Waals surface area contributed by atoms with E-state index in [1.165, 1.54) is 11.8 Å². The van der Waals surface area contributed by atoms with E-state index in [-0.39, 0.29) is 18.4 Å². The minimum absolute atomic E-state index is 0.0649. The predicted molar refractivity (Wildman–Crippen MR) is 91.3 cm³/mol. The molecular formula is C17H18N2O4S. The lowest BCUT2D eigenvalue weighted by Crippen LogP contribution is -2.18. The lowest BCUT2D eigenvalue weighted by Gasteiger charge is -2.12. The van der Waals surface area contributed by atoms with E-state index in [4.69, 9.17) is 9.47 Å². The minimum Gasteiger partial charge on any atom is -0.454 e. The number of rotatable bonds is 4. The molecule has 7 heteroatoms. The maximum Gasteiger partial charge on any atom is 0.231 e. The Morgan fingerprint density at radius 2 is 2.04 bits per heavy atom. The number of hydrogen-bond donors (Lipinski definition) is 1. The van der Waals surface area contributed by atoms with Gasteiger partial charge >= 0.3 is 0 Å². The summed E-state index contributed by atoms with van der Waals surface area (Å²) in [6, 6.07) is 3.88. The number of aliphatic imine (C=N–C) groups is 1. The van der Waals surface area contributed by atoms with E-state index < -0.39 is 0 Å². The molecular weight excluding hydrogens is 328 g/mol. The van der Waals surface area contributed by atoms with Crippen LogP contribution in [-0.2, 0) is 9.59 Å². The smallest absolute Gasteiger partial charge is 0.231 e. The van der Waals surface area contributed by atoms with Crippen LogP contribution in [0.2, 0.25) is 0 Å². The molecule has 0 aromatic heterocycles. The number of thioether (sulfide) groups is 1. The highest BCUT2D eigenvalue weighted by atomic mass is 32.2. The average molecular weight is 346 g/mol. The van der Waals surface area contributed by atoms with Gasteiger partial charge in [-0.25, -0.2) is 4.99 Å². The van der Waals surface area contributed by atoms with Gasteiger partial charge in [0.15, 0.2) is 17.8 Å². The average Bonchev–Trinajstić information content (AvgIpc) is 2.96. The number of aldehydes is 1. The third kappa shape index (κ3) is 3.31. The van der Waals surface area contributed by atoms with Gasteiger partial charge < -0.3 is 14.8 Å². The molecule has 0 radical (unpaired) electrons. The van der Waals surface area contributed by atoms with E-state index in [2.05, 4.69) is 10.3 Å². The number of nitrogens with zero attached hydrogens (tertiary/aromatic N) is 1. The van der Waals surface area contributed by atoms with Crippen LogP contribution in [0.5, 0.6) is 11.5 Å². The Kier molecular flexibility index (Phi) is 4.89. The van der Waals surface area contributed by atoms with E-state index in [9.17, 15) is 9.59 Å². The number of carbonyl (C=O) groups is 2. The molecule has 1 atom stereocenters. The fraction of sp³-hybridized carbons (Fsp3) is 0.353. The molecule has 3 rings (SSSR count). The maximum atomic E-state index is 11.4. The van der Waals surface area contributed by atoms with Crippen molar-refractivity contribution in [3.8, 4) is 11.5 Å². The monoisotopic (exact) mass is 346 g/mol. The molecule has 1 amide bonds. The Balaban J connectivity index is 1.90. The highest BCUT2D eigenvalue weighted by molar-refractivity contribution is 8.14. The van der Waals surface area contributed by atoms with Crippen LogP contribution in [0.1, 0.15) is 25.3 Å². The lowest BCUT2D eigenvalue weighted by atomic mass is 10.0. The minimum atomic E-state index is 0.0649. The van der Waals surface area contributed by atoms with Crippen LogP contribution in [-0.4, -0.2) is 24.5 Å². The summed E-state index contributed by atoms with van der Waals surface area (Å²) in [5, 5.41) is 3.46. The van der Waals surface area contributed by atoms with E-state index in [0.29, 0.717) is 18.4 Å². The summed E-state index contributed by atoms with van der Waals surface area (Å²) in [4.78, 5) is 27.7. The van der Waals surface area contributed by atoms with Crippen LogP contribution < -0.4 is 14.8 Å². The summed E-state index contributed by atoms with van der Waals surface area (Å²) in [7, 11) is 0. The van der Waals surface area contributed by atoms with Crippen molar-refractivity contribution in [3.05, 3.63) is 29.1 Å². The molecule has 126 valence electrons. The van der Waals surface area contributed by atoms with Crippen LogP contribution in [0.3, 0.4) is 0 Å². The molecule has 0 fully saturated rings. The van der Waals surface area contributed by atoms with Gasteiger partial charge in [-0.05, 0) is 43.4 Å². The van der Waals surface area contributed by atoms with Gasteiger partial charge in [0.05, 0.1) is 5.04 Å². The van der Waals surface area contributed by atoms with E-state index in [0.717, 1.165) is 39.8 Å². The molecule has 0 bridgehead atoms. The Morgan fingerprint density at radius 1 is 1.29 bits per heavy atom. The van der Waals surface area contributed by atoms with Crippen molar-refractivity contribution in [3.63, 3.8) is 0 Å². The van der Waals surface area contributed by atoms with E-state index in [1.54, 1.807) is 0 Å². The molecule has 0 spiro atoms. The van der Waals surface area contributed by atoms with Crippen molar-refractivity contribution in [2.75, 3.05) is 6.79 Å². The Bertz CT molecular complexity index is 742. The quantitative estimate of drug-likeness (QED) is 0.848. The zero-order chi connectivity index (χ0) is 17.1. The van der Waals surface area contributed by atoms with Crippen molar-refractivity contribution < 1.29 is 19.1 Å². The number of ether oxygens (including phenoxy) is 2. The molecule has 2 aliphatic rings. The van der Waals surface area contributed by atoms with Gasteiger partial charge in [-0.1, -0.05) is 18.7 Å². The summed E-state index contributed by atoms with van der Waals surface area (Å²) in [6.45, 7) is 4.21. The predicted octanol–water partition coefficient (Wildman–Crippen LogP) is 2.80. The second-order valence-corrected chi connectivity index (χ2v) is 6.81. The summed E-state index contributed by atoms with van der Waals surface area (Å²) in [5.41, 5.74) is 1.93. The normalized spacial score (nSPS) is 19.6. The third-order valence-electron chi connectivity index (χ3n) is 4.03. The zero-order valence-corrected chi connectivity index (χ0v) is 14.3. The SMILES string of the molecule is Cc1cc2c(cc1SC1=NC(C=O)=C(NC=O)C(C)CC1)OCO2. The van der Waals surface area contributed by atoms with Crippen LogP contribution in [0, 0.1) is 12.8 Å². The van der Waals surface area contributed by atoms with Crippen LogP contribution in [0.15, 0.2) is 33.4 Å². The Labute approximate surface area is 144 Å². The number of fused-ring (bicyclic) bond motifs is 1. The zero-order valence-electron chi connectivity index (χ0n) is 13.5. The van der Waals surface area contributed by atoms with Crippen molar-refractivity contribution >= 4 is 29.5 Å². The highest BCUT2D eigenvalue weighted by Gasteiger charge is 2.21. The second-order valence-electron chi connectivity index (χ2n) is 5.70. The number of aryl methyl sites for hydroxylation is 1. The number of benzene rings is 1. The summed E-state index contributed by atoms with van der Waals surface area (Å²) < 4.78 is 10.8. The molecule has 1 N–H and O–H groups in total. The van der Waals surface area contributed by atoms with Crippen LogP contribution >= 0.6 is 11.8 Å². The van der Waals surface area contributed by atoms with E-state index in [1.807, 2.05) is 26.0 Å². The summed E-state index contributed by atoms with van der Waals surface area (Å²) in [6.07, 6.45) is 2.83. The van der Waals surface area contributed by atoms with Crippen molar-refractivity contribution in [1.29, 1.82) is 0 Å². The van der Waals surface area contributed by atoms with Gasteiger partial charge in [0.1, 0.15) is 5.70 Å². The first-order valence-corrected chi connectivity index (χ1v) is 8.49. The summed E-state index contributed by atoms with van der Waals surface area (Å²) >= 11 is 1.52. The van der Waals surface area contributed by atoms with Crippen LogP contribution in [0.25, 0.3) is 0 Å². The fourth-order valence-electron chi connectivity index (χ4n) is 2.69. The van der Waals surface area contributed by atoms with Gasteiger partial charge in [0.2, 0.25) is 13.2 Å². The maximum absolute atomic E-state index is 11.4. The Morgan fingerprint density at radius 3 is 2.75 bits per heavy atom. The number of nitrogens with one attached hydrogen (secondary N) is 1. The first-order valence-electron chi connectivity index (χ1n) is 7.67. The molecule has 1 aromatic carbocycles. The fourth-order valence-corrected chi connectivity index (χ4v) is 3.70. The number of hydrogen-bond acceptors (Lipinski definition) is 6. The van der Waals surface area contributed by atoms with Crippen molar-refractivity contribution in [1.82, 2.24) is 5.32 Å². The first kappa shape index (κ1) is 16.6. The molecule has 6 nitrogen and oxygen atoms in total. The third-order valence-corrected chi connectivity index (χ3v) is 5.22. The molecule has 2 heterocycles. The molecule has 0 saturated carbocycles. The van der Waals surface area contributed by atoms with Gasteiger partial charge in [-0.2, -0.15) is 0 Å². The van der Waals surface area contributed by atoms with Crippen molar-refractivity contribution in [2.45, 2.75) is 31.6 Å². The van der Waals surface area contributed by atoms with Gasteiger partial charge in [-0.15, -0.1) is 0 Å². The van der Waals surface area contributed by atoms with E-state index >= 15 is 0 Å². The molecule has 0 saturated heterocycles. The van der Waals surface area contributed by atoms with Crippen molar-refractivity contribution in [2.24, 2.45) is 10.9 Å². The molecule has 24 heavy (non-hydrogen) atoms. The number of amides is 1. The number of allylic oxidation sites excluding steroid dienone is 2. The Hall–Kier alpha value is -2.28. The number of carbonyl (C=O) groups excluding carboxylic acids is 2. The van der Waals surface area contributed by atoms with Gasteiger partial charge in [0, 0.05) is 10.6 Å². The molecule has 0 aliphatic carbocycles. The largest absolute Gasteiger partial charge is 0.454 e.